The molecule has 0 spiro atoms. The van der Waals surface area contributed by atoms with Gasteiger partial charge in [-0.05, 0) is 36.5 Å². The number of hydrazone groups is 1. The van der Waals surface area contributed by atoms with Gasteiger partial charge in [0.2, 0.25) is 5.78 Å². The number of carbonyl (C=O) groups is 1. The predicted octanol–water partition coefficient (Wildman–Crippen LogP) is 1.16. The van der Waals surface area contributed by atoms with Crippen molar-refractivity contribution in [1.29, 1.82) is 0 Å². The minimum absolute atomic E-state index is 0.00932. The predicted molar refractivity (Wildman–Crippen MR) is 81.2 cm³/mol. The van der Waals surface area contributed by atoms with Crippen LogP contribution in [0.25, 0.3) is 0 Å². The summed E-state index contributed by atoms with van der Waals surface area (Å²) < 4.78 is 0. The molecule has 0 bridgehead atoms. The van der Waals surface area contributed by atoms with Crippen LogP contribution in [-0.4, -0.2) is 27.1 Å². The van der Waals surface area contributed by atoms with Crippen molar-refractivity contribution in [2.75, 3.05) is 0 Å². The minimum Gasteiger partial charge on any atom is -0.375 e. The summed E-state index contributed by atoms with van der Waals surface area (Å²) in [7, 11) is 0. The van der Waals surface area contributed by atoms with E-state index >= 15 is 0 Å². The number of nitrogens with two attached hydrogens (primary N) is 1. The molecule has 0 aliphatic carbocycles. The maximum atomic E-state index is 11.3. The van der Waals surface area contributed by atoms with Crippen LogP contribution >= 0.6 is 12.2 Å². The third-order valence-corrected chi connectivity index (χ3v) is 1.93. The molecule has 2 rings (SSSR count). The second-order valence-corrected chi connectivity index (χ2v) is 3.78. The fourth-order valence-corrected chi connectivity index (χ4v) is 1.09. The van der Waals surface area contributed by atoms with Crippen LogP contribution in [0.15, 0.2) is 60.1 Å². The molecule has 0 aliphatic heterocycles. The van der Waals surface area contributed by atoms with E-state index in [-0.39, 0.29) is 10.9 Å². The number of rotatable bonds is 3. The van der Waals surface area contributed by atoms with E-state index in [1.807, 2.05) is 18.2 Å². The van der Waals surface area contributed by atoms with Gasteiger partial charge in [0.15, 0.2) is 5.11 Å². The van der Waals surface area contributed by atoms with Crippen molar-refractivity contribution in [3.05, 3.63) is 60.7 Å². The van der Waals surface area contributed by atoms with Gasteiger partial charge in [0.25, 0.3) is 0 Å². The molecule has 0 atom stereocenters. The van der Waals surface area contributed by atoms with Crippen molar-refractivity contribution >= 4 is 29.3 Å². The van der Waals surface area contributed by atoms with Crippen molar-refractivity contribution in [2.45, 2.75) is 0 Å². The number of pyridine rings is 2. The molecule has 0 saturated heterocycles. The van der Waals surface area contributed by atoms with Gasteiger partial charge in [-0.15, -0.1) is 0 Å². The number of hydrogen-bond acceptors (Lipinski definition) is 5. The van der Waals surface area contributed by atoms with Crippen LogP contribution in [0.4, 0.5) is 0 Å². The molecular formula is C13H13N5OS. The number of nitrogens with zero attached hydrogens (tertiary/aromatic N) is 3. The van der Waals surface area contributed by atoms with Gasteiger partial charge in [0.05, 0.1) is 6.21 Å². The molecule has 6 nitrogen and oxygen atoms in total. The largest absolute Gasteiger partial charge is 0.375 e. The second kappa shape index (κ2) is 9.29. The number of ketones is 1. The molecule has 102 valence electrons. The average Bonchev–Trinajstić information content (AvgIpc) is 2.50. The fourth-order valence-electron chi connectivity index (χ4n) is 1.04. The number of nitrogens with one attached hydrogen (secondary N) is 1. The molecule has 2 heterocycles. The van der Waals surface area contributed by atoms with Crippen molar-refractivity contribution in [2.24, 2.45) is 10.8 Å². The molecule has 2 aromatic rings. The van der Waals surface area contributed by atoms with Crippen LogP contribution in [0.5, 0.6) is 0 Å². The van der Waals surface area contributed by atoms with Gasteiger partial charge in [-0.3, -0.25) is 20.2 Å². The molecule has 3 N–H and O–H groups in total. The molecule has 20 heavy (non-hydrogen) atoms. The maximum Gasteiger partial charge on any atom is 0.224 e. The number of carbonyl (C=O) groups excluding carboxylic acids is 1. The van der Waals surface area contributed by atoms with Crippen molar-refractivity contribution in [1.82, 2.24) is 15.4 Å². The van der Waals surface area contributed by atoms with Gasteiger partial charge < -0.3 is 5.73 Å². The van der Waals surface area contributed by atoms with Gasteiger partial charge >= 0.3 is 0 Å². The Hall–Kier alpha value is -2.67. The highest BCUT2D eigenvalue weighted by Gasteiger charge is 2.01. The van der Waals surface area contributed by atoms with Gasteiger partial charge in [-0.2, -0.15) is 5.10 Å². The van der Waals surface area contributed by atoms with Crippen LogP contribution in [0.3, 0.4) is 0 Å². The van der Waals surface area contributed by atoms with Gasteiger partial charge in [0.1, 0.15) is 5.69 Å². The average molecular weight is 287 g/mol. The summed E-state index contributed by atoms with van der Waals surface area (Å²) in [5.41, 5.74) is 7.69. The van der Waals surface area contributed by atoms with Gasteiger partial charge in [-0.1, -0.05) is 12.1 Å². The Labute approximate surface area is 121 Å². The van der Waals surface area contributed by atoms with Gasteiger partial charge in [-0.25, -0.2) is 0 Å². The van der Waals surface area contributed by atoms with Gasteiger partial charge in [0, 0.05) is 18.6 Å². The Bertz CT molecular complexity index is 533. The first-order valence-electron chi connectivity index (χ1n) is 5.59. The molecule has 0 unspecified atom stereocenters. The third kappa shape index (κ3) is 6.92. The number of Topliss-reactive ketones (excluding diaryl/α,β-unsaturated/α-hetero) is 1. The lowest BCUT2D eigenvalue weighted by atomic mass is 10.3. The second-order valence-electron chi connectivity index (χ2n) is 3.34. The SMILES string of the molecule is NC(=S)N/N=C/C(=O)c1ccccn1.c1ccncc1. The highest BCUT2D eigenvalue weighted by atomic mass is 32.1. The number of hydrogen-bond donors (Lipinski definition) is 2. The van der Waals surface area contributed by atoms with Crippen LogP contribution in [-0.2, 0) is 0 Å². The van der Waals surface area contributed by atoms with E-state index in [9.17, 15) is 4.79 Å². The summed E-state index contributed by atoms with van der Waals surface area (Å²) in [6.07, 6.45) is 6.10. The summed E-state index contributed by atoms with van der Waals surface area (Å²) in [5, 5.41) is 3.53. The first-order chi connectivity index (χ1) is 9.70. The number of thiocarbonyl (C=S) groups is 1. The molecule has 0 amide bonds. The highest BCUT2D eigenvalue weighted by molar-refractivity contribution is 7.80. The van der Waals surface area contributed by atoms with E-state index in [4.69, 9.17) is 5.73 Å². The molecular weight excluding hydrogens is 274 g/mol. The van der Waals surface area contributed by atoms with Crippen LogP contribution in [0.2, 0.25) is 0 Å². The van der Waals surface area contributed by atoms with Crippen LogP contribution in [0.1, 0.15) is 10.5 Å². The maximum absolute atomic E-state index is 11.3. The summed E-state index contributed by atoms with van der Waals surface area (Å²) in [6.45, 7) is 0. The van der Waals surface area contributed by atoms with Crippen molar-refractivity contribution < 1.29 is 4.79 Å². The zero-order valence-electron chi connectivity index (χ0n) is 10.5. The summed E-state index contributed by atoms with van der Waals surface area (Å²) >= 11 is 4.49. The topological polar surface area (TPSA) is 93.3 Å². The monoisotopic (exact) mass is 287 g/mol. The first kappa shape index (κ1) is 15.4. The Morgan fingerprint density at radius 3 is 2.35 bits per heavy atom. The third-order valence-electron chi connectivity index (χ3n) is 1.84. The molecule has 0 aliphatic rings. The van der Waals surface area contributed by atoms with E-state index < -0.39 is 0 Å². The fraction of sp³-hybridized carbons (Fsp3) is 0. The zero-order valence-corrected chi connectivity index (χ0v) is 11.3. The zero-order chi connectivity index (χ0) is 14.6. The lowest BCUT2D eigenvalue weighted by molar-refractivity contribution is 0.106. The summed E-state index contributed by atoms with van der Waals surface area (Å²) in [5.74, 6) is -0.311. The van der Waals surface area contributed by atoms with E-state index in [0.29, 0.717) is 5.69 Å². The van der Waals surface area contributed by atoms with E-state index in [1.165, 1.54) is 6.20 Å². The summed E-state index contributed by atoms with van der Waals surface area (Å²) in [4.78, 5) is 18.9. The highest BCUT2D eigenvalue weighted by Crippen LogP contribution is 1.92. The van der Waals surface area contributed by atoms with E-state index in [0.717, 1.165) is 6.21 Å². The number of aromatic nitrogens is 2. The normalized spacial score (nSPS) is 9.40. The Kier molecular flexibility index (Phi) is 7.14. The molecule has 2 aromatic heterocycles. The first-order valence-corrected chi connectivity index (χ1v) is 6.00. The molecule has 0 saturated carbocycles. The Balaban J connectivity index is 0.000000276. The van der Waals surface area contributed by atoms with Crippen LogP contribution < -0.4 is 11.2 Å². The van der Waals surface area contributed by atoms with Crippen LogP contribution in [0, 0.1) is 0 Å². The molecule has 0 radical (unpaired) electrons. The Morgan fingerprint density at radius 1 is 1.20 bits per heavy atom. The van der Waals surface area contributed by atoms with Crippen molar-refractivity contribution in [3.8, 4) is 0 Å². The van der Waals surface area contributed by atoms with Crippen molar-refractivity contribution in [3.63, 3.8) is 0 Å². The minimum atomic E-state index is -0.311. The lowest BCUT2D eigenvalue weighted by Gasteiger charge is -1.94. The Morgan fingerprint density at radius 2 is 1.90 bits per heavy atom. The lowest BCUT2D eigenvalue weighted by Crippen LogP contribution is -2.24. The smallest absolute Gasteiger partial charge is 0.224 e. The molecule has 0 aromatic carbocycles. The summed E-state index contributed by atoms with van der Waals surface area (Å²) in [6, 6.07) is 10.7. The van der Waals surface area contributed by atoms with E-state index in [2.05, 4.69) is 32.7 Å². The standard InChI is InChI=1S/C8H8N4OS.C5H5N/c9-8(14)12-11-5-7(13)6-3-1-2-4-10-6;1-2-4-6-5-3-1/h1-5H,(H3,9,12,14);1-5H/b11-5+;. The van der Waals surface area contributed by atoms with E-state index in [1.54, 1.807) is 30.6 Å². The quantitative estimate of drug-likeness (QED) is 0.381. The molecule has 7 heteroatoms. The molecule has 0 fully saturated rings.